The summed E-state index contributed by atoms with van der Waals surface area (Å²) in [5.74, 6) is -0.973. The van der Waals surface area contributed by atoms with Gasteiger partial charge in [-0.3, -0.25) is 0 Å². The van der Waals surface area contributed by atoms with Crippen molar-refractivity contribution in [2.75, 3.05) is 27.2 Å². The fourth-order valence-corrected chi connectivity index (χ4v) is 1.80. The number of nitrogens with one attached hydrogen (secondary N) is 1. The van der Waals surface area contributed by atoms with E-state index in [9.17, 15) is 9.90 Å². The molecule has 106 valence electrons. The highest BCUT2D eigenvalue weighted by Gasteiger charge is 2.06. The van der Waals surface area contributed by atoms with E-state index in [-0.39, 0.29) is 0 Å². The lowest BCUT2D eigenvalue weighted by atomic mass is 10.1. The van der Waals surface area contributed by atoms with Crippen LogP contribution < -0.4 is 14.7 Å². The average Bonchev–Trinajstić information content (AvgIpc) is 2.37. The first-order valence-electron chi connectivity index (χ1n) is 5.98. The summed E-state index contributed by atoms with van der Waals surface area (Å²) in [7, 11) is 4.02. The molecule has 0 aromatic heterocycles. The molecule has 0 bridgehead atoms. The number of benzene rings is 1. The monoisotopic (exact) mass is 338 g/mol. The summed E-state index contributed by atoms with van der Waals surface area (Å²) in [6.07, 6.45) is 1.25. The maximum Gasteiger partial charge on any atom is 0.137 e. The molecule has 0 aliphatic carbocycles. The number of hydrogen-bond donors (Lipinski definition) is 1. The third-order valence-electron chi connectivity index (χ3n) is 2.47. The smallest absolute Gasteiger partial charge is 0.137 e. The number of carboxylic acids is 1. The number of halogens is 1. The Bertz CT molecular complexity index is 562. The molecule has 1 rings (SSSR count). The predicted molar refractivity (Wildman–Crippen MR) is 75.9 cm³/mol. The van der Waals surface area contributed by atoms with Crippen LogP contribution in [0.25, 0.3) is 6.08 Å². The lowest BCUT2D eigenvalue weighted by Crippen LogP contribution is -3.06. The number of quaternary nitrogens is 1. The van der Waals surface area contributed by atoms with Gasteiger partial charge in [0, 0.05) is 10.0 Å². The molecule has 1 aromatic rings. The number of carboxylic acid groups (broad SMARTS) is 1. The van der Waals surface area contributed by atoms with E-state index in [0.29, 0.717) is 17.9 Å². The summed E-state index contributed by atoms with van der Waals surface area (Å²) >= 11 is 3.30. The Morgan fingerprint density at radius 2 is 2.25 bits per heavy atom. The molecule has 0 aliphatic rings. The van der Waals surface area contributed by atoms with Gasteiger partial charge in [-0.15, -0.1) is 0 Å². The van der Waals surface area contributed by atoms with Gasteiger partial charge < -0.3 is 19.5 Å². The summed E-state index contributed by atoms with van der Waals surface area (Å²) in [6.45, 7) is 1.31. The number of rotatable bonds is 6. The van der Waals surface area contributed by atoms with Crippen LogP contribution in [-0.2, 0) is 4.79 Å². The van der Waals surface area contributed by atoms with Crippen LogP contribution in [0.5, 0.6) is 5.75 Å². The number of likely N-dealkylation sites (N-methyl/N-ethyl adjacent to an activating group) is 1. The quantitative estimate of drug-likeness (QED) is 0.567. The minimum absolute atomic E-state index is 0.439. The first kappa shape index (κ1) is 16.2. The number of ether oxygens (including phenoxy) is 1. The maximum absolute atomic E-state index is 10.8. The summed E-state index contributed by atoms with van der Waals surface area (Å²) in [5.41, 5.74) is 0.0834. The predicted octanol–water partition coefficient (Wildman–Crippen LogP) is -0.371. The molecular weight excluding hydrogens is 324 g/mol. The van der Waals surface area contributed by atoms with E-state index in [2.05, 4.69) is 15.9 Å². The van der Waals surface area contributed by atoms with Crippen LogP contribution in [0, 0.1) is 11.3 Å². The average molecular weight is 339 g/mol. The van der Waals surface area contributed by atoms with Crippen LogP contribution in [0.15, 0.2) is 28.2 Å². The van der Waals surface area contributed by atoms with Crippen LogP contribution in [-0.4, -0.2) is 33.2 Å². The third kappa shape index (κ3) is 5.03. The van der Waals surface area contributed by atoms with Crippen molar-refractivity contribution < 1.29 is 19.5 Å². The highest BCUT2D eigenvalue weighted by atomic mass is 79.9. The summed E-state index contributed by atoms with van der Waals surface area (Å²) < 4.78 is 6.39. The molecule has 0 spiro atoms. The van der Waals surface area contributed by atoms with E-state index in [0.717, 1.165) is 11.0 Å². The Balaban J connectivity index is 3.02. The van der Waals surface area contributed by atoms with Crippen molar-refractivity contribution >= 4 is 28.0 Å². The zero-order valence-electron chi connectivity index (χ0n) is 11.3. The summed E-state index contributed by atoms with van der Waals surface area (Å²) in [4.78, 5) is 12.0. The zero-order valence-corrected chi connectivity index (χ0v) is 12.9. The SMILES string of the molecule is C[NH+](C)CCOc1ccc(Br)cc1/C=C(\C#N)C(=O)[O-]. The van der Waals surface area contributed by atoms with E-state index < -0.39 is 11.5 Å². The van der Waals surface area contributed by atoms with Crippen LogP contribution in [0.4, 0.5) is 0 Å². The van der Waals surface area contributed by atoms with Gasteiger partial charge in [0.1, 0.15) is 25.0 Å². The molecule has 0 saturated carbocycles. The fourth-order valence-electron chi connectivity index (χ4n) is 1.42. The van der Waals surface area contributed by atoms with Crippen LogP contribution in [0.2, 0.25) is 0 Å². The van der Waals surface area contributed by atoms with Crippen molar-refractivity contribution in [1.82, 2.24) is 0 Å². The van der Waals surface area contributed by atoms with Crippen molar-refractivity contribution in [3.8, 4) is 11.8 Å². The Morgan fingerprint density at radius 3 is 2.80 bits per heavy atom. The molecule has 0 heterocycles. The molecule has 0 radical (unpaired) electrons. The van der Waals surface area contributed by atoms with Gasteiger partial charge in [-0.2, -0.15) is 5.26 Å². The standard InChI is InChI=1S/C14H15BrN2O3/c1-17(2)5-6-20-13-4-3-12(15)8-10(13)7-11(9-16)14(18)19/h3-4,7-8H,5-6H2,1-2H3,(H,18,19)/b11-7+. The van der Waals surface area contributed by atoms with E-state index in [1.54, 1.807) is 24.3 Å². The molecule has 1 aromatic carbocycles. The number of nitrogens with zero attached hydrogens (tertiary/aromatic N) is 1. The number of nitriles is 1. The molecule has 20 heavy (non-hydrogen) atoms. The Morgan fingerprint density at radius 1 is 1.55 bits per heavy atom. The first-order valence-corrected chi connectivity index (χ1v) is 6.78. The summed E-state index contributed by atoms with van der Waals surface area (Å²) in [6, 6.07) is 6.81. The lowest BCUT2D eigenvalue weighted by Gasteiger charge is -2.12. The topological polar surface area (TPSA) is 77.6 Å². The minimum Gasteiger partial charge on any atom is -0.544 e. The van der Waals surface area contributed by atoms with Crippen LogP contribution >= 0.6 is 15.9 Å². The van der Waals surface area contributed by atoms with Crippen molar-refractivity contribution in [3.05, 3.63) is 33.8 Å². The maximum atomic E-state index is 10.8. The lowest BCUT2D eigenvalue weighted by molar-refractivity contribution is -0.858. The fraction of sp³-hybridized carbons (Fsp3) is 0.286. The van der Waals surface area contributed by atoms with Gasteiger partial charge in [0.05, 0.1) is 25.6 Å². The first-order chi connectivity index (χ1) is 9.43. The van der Waals surface area contributed by atoms with Crippen molar-refractivity contribution in [2.24, 2.45) is 0 Å². The van der Waals surface area contributed by atoms with E-state index >= 15 is 0 Å². The van der Waals surface area contributed by atoms with E-state index in [4.69, 9.17) is 10.00 Å². The molecule has 0 aliphatic heterocycles. The highest BCUT2D eigenvalue weighted by molar-refractivity contribution is 9.10. The molecule has 5 nitrogen and oxygen atoms in total. The zero-order chi connectivity index (χ0) is 15.1. The van der Waals surface area contributed by atoms with Crippen LogP contribution in [0.1, 0.15) is 5.56 Å². The second-order valence-electron chi connectivity index (χ2n) is 4.44. The van der Waals surface area contributed by atoms with Crippen molar-refractivity contribution in [1.29, 1.82) is 5.26 Å². The number of aliphatic carboxylic acids is 1. The second-order valence-corrected chi connectivity index (χ2v) is 5.36. The third-order valence-corrected chi connectivity index (χ3v) is 2.96. The van der Waals surface area contributed by atoms with Crippen LogP contribution in [0.3, 0.4) is 0 Å². The number of hydrogen-bond acceptors (Lipinski definition) is 4. The molecule has 0 fully saturated rings. The van der Waals surface area contributed by atoms with Gasteiger partial charge in [-0.05, 0) is 24.3 Å². The Kier molecular flexibility index (Phi) is 6.22. The molecule has 1 N–H and O–H groups in total. The van der Waals surface area contributed by atoms with Crippen molar-refractivity contribution in [3.63, 3.8) is 0 Å². The molecule has 0 atom stereocenters. The van der Waals surface area contributed by atoms with E-state index in [1.807, 2.05) is 14.1 Å². The Hall–Kier alpha value is -1.84. The van der Waals surface area contributed by atoms with Gasteiger partial charge in [0.2, 0.25) is 0 Å². The van der Waals surface area contributed by atoms with Gasteiger partial charge in [0.25, 0.3) is 0 Å². The van der Waals surface area contributed by atoms with Crippen molar-refractivity contribution in [2.45, 2.75) is 0 Å². The van der Waals surface area contributed by atoms with Gasteiger partial charge in [-0.25, -0.2) is 0 Å². The largest absolute Gasteiger partial charge is 0.544 e. The normalized spacial score (nSPS) is 11.2. The number of carbonyl (C=O) groups excluding carboxylic acids is 1. The van der Waals surface area contributed by atoms with E-state index in [1.165, 1.54) is 11.0 Å². The molecular formula is C14H15BrN2O3. The molecule has 0 amide bonds. The summed E-state index contributed by atoms with van der Waals surface area (Å²) in [5, 5.41) is 19.5. The second kappa shape index (κ2) is 7.68. The highest BCUT2D eigenvalue weighted by Crippen LogP contribution is 2.25. The minimum atomic E-state index is -1.50. The Labute approximate surface area is 126 Å². The number of carbonyl (C=O) groups is 1. The van der Waals surface area contributed by atoms with Gasteiger partial charge in [-0.1, -0.05) is 15.9 Å². The molecule has 6 heteroatoms. The van der Waals surface area contributed by atoms with Gasteiger partial charge >= 0.3 is 0 Å². The molecule has 0 saturated heterocycles. The molecule has 0 unspecified atom stereocenters. The van der Waals surface area contributed by atoms with Gasteiger partial charge in [0.15, 0.2) is 0 Å².